The van der Waals surface area contributed by atoms with Crippen molar-refractivity contribution in [2.24, 2.45) is 28.5 Å². The van der Waals surface area contributed by atoms with Crippen LogP contribution in [0.25, 0.3) is 11.1 Å². The zero-order chi connectivity index (χ0) is 42.7. The van der Waals surface area contributed by atoms with Gasteiger partial charge in [0.15, 0.2) is 5.84 Å². The Morgan fingerprint density at radius 2 is 1.53 bits per heavy atom. The third-order valence-electron chi connectivity index (χ3n) is 11.2. The first kappa shape index (κ1) is 44.6. The fourth-order valence-electron chi connectivity index (χ4n) is 7.77. The summed E-state index contributed by atoms with van der Waals surface area (Å²) in [5.74, 6) is 4.85. The smallest absolute Gasteiger partial charge is 0.407 e. The normalized spacial score (nSPS) is 18.4. The number of likely N-dealkylation sites (tertiary alicyclic amines) is 1. The number of rotatable bonds is 14. The molecule has 0 spiro atoms. The molecule has 5 rings (SSSR count). The van der Waals surface area contributed by atoms with E-state index in [0.717, 1.165) is 61.0 Å². The molecule has 318 valence electrons. The van der Waals surface area contributed by atoms with Gasteiger partial charge in [-0.25, -0.2) is 16.2 Å². The van der Waals surface area contributed by atoms with Crippen LogP contribution in [0.4, 0.5) is 10.5 Å². The van der Waals surface area contributed by atoms with Crippen molar-refractivity contribution in [2.45, 2.75) is 110 Å². The molecule has 0 unspecified atom stereocenters. The van der Waals surface area contributed by atoms with Crippen molar-refractivity contribution in [3.05, 3.63) is 89.0 Å². The maximum absolute atomic E-state index is 13.9. The number of alkyl carbamates (subject to hydrolysis) is 1. The standard InChI is InChI=1S/C45H63N9O5/c1-28(2)54-23-21-37(22-24-54)49-42(56)35-17-20-38(29(3)25-35)32-11-7-30(8-12-32)26-39(43(57)50-36-18-15-33(16-19-36)40(46)52-53-47)51-41(55)34-13-9-31(10-14-34)27-48-44(58)59-45(4,5)6/h7-8,11-12,15-20,25,28,31,34,37,39,53H,9-10,13-14,21-24,26-27,47H2,1-6H3,(H2,46,52)(H,48,58)(H,49,56)(H,50,57)(H,51,55)/t31?,34?,39-/m0/s1. The number of hydrazone groups is 1. The average Bonchev–Trinajstić information content (AvgIpc) is 3.20. The zero-order valence-corrected chi connectivity index (χ0v) is 35.4. The van der Waals surface area contributed by atoms with Crippen molar-refractivity contribution in [1.29, 1.82) is 0 Å². The van der Waals surface area contributed by atoms with Crippen LogP contribution in [0.1, 0.15) is 100 Å². The van der Waals surface area contributed by atoms with Gasteiger partial charge in [0.2, 0.25) is 11.8 Å². The number of hydrogen-bond acceptors (Lipinski definition) is 9. The molecule has 1 saturated heterocycles. The van der Waals surface area contributed by atoms with Crippen LogP contribution in [0.5, 0.6) is 0 Å². The molecule has 59 heavy (non-hydrogen) atoms. The van der Waals surface area contributed by atoms with Crippen molar-refractivity contribution in [1.82, 2.24) is 26.4 Å². The number of amidine groups is 1. The monoisotopic (exact) mass is 809 g/mol. The first-order chi connectivity index (χ1) is 28.1. The van der Waals surface area contributed by atoms with Crippen LogP contribution in [0.2, 0.25) is 0 Å². The summed E-state index contributed by atoms with van der Waals surface area (Å²) >= 11 is 0. The van der Waals surface area contributed by atoms with Crippen LogP contribution in [0.15, 0.2) is 71.8 Å². The van der Waals surface area contributed by atoms with E-state index in [9.17, 15) is 19.2 Å². The van der Waals surface area contributed by atoms with Gasteiger partial charge in [-0.1, -0.05) is 30.3 Å². The summed E-state index contributed by atoms with van der Waals surface area (Å²) in [7, 11) is 0. The molecule has 1 atom stereocenters. The minimum Gasteiger partial charge on any atom is -0.444 e. The molecular formula is C45H63N9O5. The topological polar surface area (TPSA) is 205 Å². The van der Waals surface area contributed by atoms with E-state index in [1.54, 1.807) is 24.3 Å². The lowest BCUT2D eigenvalue weighted by atomic mass is 9.81. The van der Waals surface area contributed by atoms with Gasteiger partial charge in [0, 0.05) is 60.9 Å². The van der Waals surface area contributed by atoms with Crippen molar-refractivity contribution in [3.63, 3.8) is 0 Å². The van der Waals surface area contributed by atoms with E-state index in [0.29, 0.717) is 42.2 Å². The van der Waals surface area contributed by atoms with Crippen molar-refractivity contribution >= 4 is 35.3 Å². The van der Waals surface area contributed by atoms with Crippen LogP contribution in [-0.2, 0) is 20.7 Å². The second kappa shape index (κ2) is 20.5. The Bertz CT molecular complexity index is 1930. The van der Waals surface area contributed by atoms with Gasteiger partial charge >= 0.3 is 6.09 Å². The Morgan fingerprint density at radius 3 is 2.12 bits per heavy atom. The van der Waals surface area contributed by atoms with Crippen molar-refractivity contribution in [3.8, 4) is 11.1 Å². The molecule has 9 N–H and O–H groups in total. The number of nitrogens with one attached hydrogen (secondary N) is 5. The van der Waals surface area contributed by atoms with Gasteiger partial charge in [-0.3, -0.25) is 14.4 Å². The first-order valence-corrected chi connectivity index (χ1v) is 20.8. The van der Waals surface area contributed by atoms with E-state index < -0.39 is 17.7 Å². The van der Waals surface area contributed by atoms with E-state index in [1.165, 1.54) is 0 Å². The third kappa shape index (κ3) is 13.3. The highest BCUT2D eigenvalue weighted by Gasteiger charge is 2.30. The quantitative estimate of drug-likeness (QED) is 0.0485. The maximum atomic E-state index is 13.9. The lowest BCUT2D eigenvalue weighted by Crippen LogP contribution is -2.48. The lowest BCUT2D eigenvalue weighted by Gasteiger charge is -2.34. The number of carbonyl (C=O) groups is 4. The van der Waals surface area contributed by atoms with E-state index in [2.05, 4.69) is 50.7 Å². The van der Waals surface area contributed by atoms with Crippen LogP contribution in [-0.4, -0.2) is 77.9 Å². The van der Waals surface area contributed by atoms with E-state index in [-0.39, 0.29) is 47.9 Å². The fourth-order valence-corrected chi connectivity index (χ4v) is 7.77. The molecule has 3 aromatic rings. The predicted octanol–water partition coefficient (Wildman–Crippen LogP) is 5.35. The minimum atomic E-state index is -0.857. The number of carbonyl (C=O) groups excluding carboxylic acids is 4. The summed E-state index contributed by atoms with van der Waals surface area (Å²) in [6.45, 7) is 14.4. The lowest BCUT2D eigenvalue weighted by molar-refractivity contribution is -0.130. The molecule has 0 bridgehead atoms. The summed E-state index contributed by atoms with van der Waals surface area (Å²) in [6.07, 6.45) is 4.55. The molecule has 0 aromatic heterocycles. The fraction of sp³-hybridized carbons (Fsp3) is 0.489. The first-order valence-electron chi connectivity index (χ1n) is 20.8. The van der Waals surface area contributed by atoms with Gasteiger partial charge < -0.3 is 36.6 Å². The molecule has 1 aliphatic heterocycles. The molecule has 14 nitrogen and oxygen atoms in total. The van der Waals surface area contributed by atoms with Gasteiger partial charge in [0.25, 0.3) is 5.91 Å². The van der Waals surface area contributed by atoms with Gasteiger partial charge in [-0.2, -0.15) is 0 Å². The molecule has 14 heteroatoms. The molecule has 0 radical (unpaired) electrons. The molecular weight excluding hydrogens is 747 g/mol. The highest BCUT2D eigenvalue weighted by Crippen LogP contribution is 2.30. The van der Waals surface area contributed by atoms with Crippen molar-refractivity contribution < 1.29 is 23.9 Å². The maximum Gasteiger partial charge on any atom is 0.407 e. The van der Waals surface area contributed by atoms with Gasteiger partial charge in [-0.05, 0) is 145 Å². The van der Waals surface area contributed by atoms with Crippen LogP contribution in [0.3, 0.4) is 0 Å². The Hall–Kier alpha value is -5.47. The molecule has 2 aliphatic rings. The number of nitrogens with zero attached hydrogens (tertiary/aromatic N) is 2. The summed E-state index contributed by atoms with van der Waals surface area (Å²) in [6, 6.07) is 20.4. The van der Waals surface area contributed by atoms with Gasteiger partial charge in [-0.15, -0.1) is 5.10 Å². The van der Waals surface area contributed by atoms with E-state index in [4.69, 9.17) is 16.3 Å². The SMILES string of the molecule is Cc1cc(C(=O)NC2CCN(C(C)C)CC2)ccc1-c1ccc(C[C@H](NC(=O)C2CCC(CNC(=O)OC(C)(C)C)CC2)C(=O)Nc2ccc(/C(N)=N/NN)cc2)cc1. The second-order valence-electron chi connectivity index (χ2n) is 17.2. The number of hydrazine groups is 1. The van der Waals surface area contributed by atoms with Crippen LogP contribution in [0, 0.1) is 18.8 Å². The number of aryl methyl sites for hydroxylation is 1. The number of amides is 4. The van der Waals surface area contributed by atoms with Gasteiger partial charge in [0.05, 0.1) is 0 Å². The Morgan fingerprint density at radius 1 is 0.881 bits per heavy atom. The third-order valence-corrected chi connectivity index (χ3v) is 11.2. The Balaban J connectivity index is 1.23. The number of anilines is 1. The Labute approximate surface area is 348 Å². The zero-order valence-electron chi connectivity index (χ0n) is 35.4. The highest BCUT2D eigenvalue weighted by atomic mass is 16.6. The highest BCUT2D eigenvalue weighted by molar-refractivity contribution is 6.00. The number of hydrogen-bond donors (Lipinski definition) is 7. The summed E-state index contributed by atoms with van der Waals surface area (Å²) in [5.41, 5.74) is 13.2. The number of piperidine rings is 1. The van der Waals surface area contributed by atoms with Crippen molar-refractivity contribution in [2.75, 3.05) is 25.0 Å². The van der Waals surface area contributed by atoms with Gasteiger partial charge in [0.1, 0.15) is 11.6 Å². The number of ether oxygens (including phenoxy) is 1. The molecule has 1 heterocycles. The molecule has 1 aliphatic carbocycles. The largest absolute Gasteiger partial charge is 0.444 e. The molecule has 1 saturated carbocycles. The summed E-state index contributed by atoms with van der Waals surface area (Å²) in [5, 5.41) is 15.9. The van der Waals surface area contributed by atoms with E-state index in [1.807, 2.05) is 70.2 Å². The van der Waals surface area contributed by atoms with E-state index >= 15 is 0 Å². The molecule has 2 fully saturated rings. The number of nitrogens with two attached hydrogens (primary N) is 2. The summed E-state index contributed by atoms with van der Waals surface area (Å²) < 4.78 is 5.36. The molecule has 4 amide bonds. The summed E-state index contributed by atoms with van der Waals surface area (Å²) in [4.78, 5) is 55.3. The Kier molecular flexibility index (Phi) is 15.5. The van der Waals surface area contributed by atoms with Crippen LogP contribution < -0.4 is 38.4 Å². The predicted molar refractivity (Wildman–Crippen MR) is 232 cm³/mol. The average molecular weight is 810 g/mol. The molecule has 3 aromatic carbocycles. The minimum absolute atomic E-state index is 0.0505. The second-order valence-corrected chi connectivity index (χ2v) is 17.2. The number of benzene rings is 3. The van der Waals surface area contributed by atoms with Crippen LogP contribution >= 0.6 is 0 Å².